The van der Waals surface area contributed by atoms with Gasteiger partial charge in [-0.1, -0.05) is 25.4 Å². The van der Waals surface area contributed by atoms with E-state index in [9.17, 15) is 4.79 Å². The number of thiophene rings is 1. The summed E-state index contributed by atoms with van der Waals surface area (Å²) in [5.74, 6) is 1.27. The molecule has 2 heterocycles. The van der Waals surface area contributed by atoms with Crippen molar-refractivity contribution >= 4 is 44.6 Å². The molecule has 0 bridgehead atoms. The molecule has 3 rings (SSSR count). The number of fused-ring (bicyclic) bond motifs is 1. The summed E-state index contributed by atoms with van der Waals surface area (Å²) >= 11 is 7.48. The van der Waals surface area contributed by atoms with Crippen molar-refractivity contribution in [1.82, 2.24) is 4.90 Å². The highest BCUT2D eigenvalue weighted by Gasteiger charge is 2.28. The Kier molecular flexibility index (Phi) is 3.84. The van der Waals surface area contributed by atoms with Crippen molar-refractivity contribution in [2.75, 3.05) is 18.8 Å². The molecule has 112 valence electrons. The van der Waals surface area contributed by atoms with Crippen LogP contribution in [0.2, 0.25) is 5.02 Å². The molecule has 2 unspecified atom stereocenters. The van der Waals surface area contributed by atoms with Crippen molar-refractivity contribution < 1.29 is 4.79 Å². The summed E-state index contributed by atoms with van der Waals surface area (Å²) in [7, 11) is 0. The van der Waals surface area contributed by atoms with E-state index in [2.05, 4.69) is 13.8 Å². The molecule has 1 aromatic carbocycles. The van der Waals surface area contributed by atoms with Gasteiger partial charge in [-0.2, -0.15) is 0 Å². The molecule has 0 spiro atoms. The SMILES string of the molecule is CC1CCN(C(=O)c2sc3ccc(Cl)cc3c2N)CC1C. The number of rotatable bonds is 1. The molecular weight excluding hydrogens is 304 g/mol. The number of nitrogens with zero attached hydrogens (tertiary/aromatic N) is 1. The van der Waals surface area contributed by atoms with E-state index in [-0.39, 0.29) is 5.91 Å². The van der Waals surface area contributed by atoms with Gasteiger partial charge in [0.1, 0.15) is 4.88 Å². The van der Waals surface area contributed by atoms with Crippen LogP contribution < -0.4 is 5.73 Å². The number of piperidine rings is 1. The Bertz CT molecular complexity index is 697. The van der Waals surface area contributed by atoms with Crippen LogP contribution in [0.3, 0.4) is 0 Å². The van der Waals surface area contributed by atoms with Crippen LogP contribution in [0.1, 0.15) is 29.9 Å². The number of benzene rings is 1. The van der Waals surface area contributed by atoms with Crippen molar-refractivity contribution in [3.8, 4) is 0 Å². The van der Waals surface area contributed by atoms with Gasteiger partial charge in [0.05, 0.1) is 5.69 Å². The molecule has 0 aliphatic carbocycles. The van der Waals surface area contributed by atoms with E-state index in [0.29, 0.717) is 27.4 Å². The number of carbonyl (C=O) groups excluding carboxylic acids is 1. The molecule has 2 atom stereocenters. The third-order valence-electron chi connectivity index (χ3n) is 4.50. The van der Waals surface area contributed by atoms with E-state index in [1.165, 1.54) is 11.3 Å². The number of carbonyl (C=O) groups is 1. The number of nitrogen functional groups attached to an aromatic ring is 1. The summed E-state index contributed by atoms with van der Waals surface area (Å²) in [6.45, 7) is 6.09. The molecule has 2 aromatic rings. The molecule has 1 aromatic heterocycles. The Morgan fingerprint density at radius 3 is 2.86 bits per heavy atom. The Morgan fingerprint density at radius 2 is 2.14 bits per heavy atom. The zero-order chi connectivity index (χ0) is 15.1. The van der Waals surface area contributed by atoms with E-state index in [4.69, 9.17) is 17.3 Å². The topological polar surface area (TPSA) is 46.3 Å². The minimum atomic E-state index is 0.0589. The van der Waals surface area contributed by atoms with Crippen LogP contribution in [-0.4, -0.2) is 23.9 Å². The maximum absolute atomic E-state index is 12.8. The predicted molar refractivity (Wildman–Crippen MR) is 90.1 cm³/mol. The zero-order valence-corrected chi connectivity index (χ0v) is 13.8. The van der Waals surface area contributed by atoms with E-state index in [1.807, 2.05) is 23.1 Å². The summed E-state index contributed by atoms with van der Waals surface area (Å²) < 4.78 is 1.01. The minimum absolute atomic E-state index is 0.0589. The molecule has 0 saturated carbocycles. The van der Waals surface area contributed by atoms with E-state index >= 15 is 0 Å². The number of likely N-dealkylation sites (tertiary alicyclic amines) is 1. The normalized spacial score (nSPS) is 22.7. The van der Waals surface area contributed by atoms with Gasteiger partial charge >= 0.3 is 0 Å². The smallest absolute Gasteiger partial charge is 0.266 e. The number of halogens is 1. The van der Waals surface area contributed by atoms with Crippen LogP contribution in [0, 0.1) is 11.8 Å². The Labute approximate surface area is 133 Å². The standard InChI is InChI=1S/C16H19ClN2OS/c1-9-5-6-19(8-10(9)2)16(20)15-14(18)12-7-11(17)3-4-13(12)21-15/h3-4,7,9-10H,5-6,8,18H2,1-2H3. The molecule has 1 fully saturated rings. The molecule has 1 saturated heterocycles. The third-order valence-corrected chi connectivity index (χ3v) is 5.91. The highest BCUT2D eigenvalue weighted by molar-refractivity contribution is 7.21. The molecule has 3 nitrogen and oxygen atoms in total. The molecule has 1 amide bonds. The number of hydrogen-bond donors (Lipinski definition) is 1. The van der Waals surface area contributed by atoms with Crippen molar-refractivity contribution in [2.24, 2.45) is 11.8 Å². The maximum Gasteiger partial charge on any atom is 0.266 e. The summed E-state index contributed by atoms with van der Waals surface area (Å²) in [4.78, 5) is 15.3. The van der Waals surface area contributed by atoms with Gasteiger partial charge in [0.15, 0.2) is 0 Å². The van der Waals surface area contributed by atoms with E-state index < -0.39 is 0 Å². The fraction of sp³-hybridized carbons (Fsp3) is 0.438. The third kappa shape index (κ3) is 2.62. The van der Waals surface area contributed by atoms with Crippen molar-refractivity contribution in [2.45, 2.75) is 20.3 Å². The summed E-state index contributed by atoms with van der Waals surface area (Å²) in [5.41, 5.74) is 6.75. The Balaban J connectivity index is 1.93. The van der Waals surface area contributed by atoms with Gasteiger partial charge in [-0.15, -0.1) is 11.3 Å². The Hall–Kier alpha value is -1.26. The van der Waals surface area contributed by atoms with Crippen molar-refractivity contribution in [3.63, 3.8) is 0 Å². The van der Waals surface area contributed by atoms with Gasteiger partial charge in [-0.05, 0) is 36.5 Å². The first-order valence-electron chi connectivity index (χ1n) is 7.24. The lowest BCUT2D eigenvalue weighted by Gasteiger charge is -2.35. The molecule has 1 aliphatic rings. The van der Waals surface area contributed by atoms with Gasteiger partial charge in [0.2, 0.25) is 0 Å². The monoisotopic (exact) mass is 322 g/mol. The average molecular weight is 323 g/mol. The van der Waals surface area contributed by atoms with Gasteiger partial charge in [0, 0.05) is 28.2 Å². The first-order chi connectivity index (χ1) is 9.97. The van der Waals surface area contributed by atoms with Crippen LogP contribution in [0.15, 0.2) is 18.2 Å². The molecule has 5 heteroatoms. The first-order valence-corrected chi connectivity index (χ1v) is 8.43. The number of hydrogen-bond acceptors (Lipinski definition) is 3. The number of anilines is 1. The fourth-order valence-electron chi connectivity index (χ4n) is 2.84. The van der Waals surface area contributed by atoms with E-state index in [0.717, 1.165) is 29.6 Å². The second-order valence-electron chi connectivity index (χ2n) is 5.98. The van der Waals surface area contributed by atoms with Crippen molar-refractivity contribution in [1.29, 1.82) is 0 Å². The molecule has 21 heavy (non-hydrogen) atoms. The van der Waals surface area contributed by atoms with Gasteiger partial charge in [0.25, 0.3) is 5.91 Å². The number of amides is 1. The Morgan fingerprint density at radius 1 is 1.38 bits per heavy atom. The molecule has 0 radical (unpaired) electrons. The van der Waals surface area contributed by atoms with Crippen LogP contribution in [-0.2, 0) is 0 Å². The van der Waals surface area contributed by atoms with Gasteiger partial charge < -0.3 is 10.6 Å². The molecule has 2 N–H and O–H groups in total. The number of nitrogens with two attached hydrogens (primary N) is 1. The minimum Gasteiger partial charge on any atom is -0.397 e. The second kappa shape index (κ2) is 5.50. The molecule has 1 aliphatic heterocycles. The average Bonchev–Trinajstić information content (AvgIpc) is 2.78. The first kappa shape index (κ1) is 14.7. The van der Waals surface area contributed by atoms with E-state index in [1.54, 1.807) is 0 Å². The maximum atomic E-state index is 12.8. The summed E-state index contributed by atoms with van der Waals surface area (Å²) in [5, 5.41) is 1.53. The van der Waals surface area contributed by atoms with Crippen LogP contribution in [0.5, 0.6) is 0 Å². The predicted octanol–water partition coefficient (Wildman–Crippen LogP) is 4.26. The largest absolute Gasteiger partial charge is 0.397 e. The highest BCUT2D eigenvalue weighted by atomic mass is 35.5. The fourth-order valence-corrected chi connectivity index (χ4v) is 4.08. The quantitative estimate of drug-likeness (QED) is 0.853. The van der Waals surface area contributed by atoms with Crippen LogP contribution >= 0.6 is 22.9 Å². The van der Waals surface area contributed by atoms with Crippen molar-refractivity contribution in [3.05, 3.63) is 28.1 Å². The lowest BCUT2D eigenvalue weighted by Crippen LogP contribution is -2.42. The zero-order valence-electron chi connectivity index (χ0n) is 12.2. The van der Waals surface area contributed by atoms with Gasteiger partial charge in [-0.3, -0.25) is 4.79 Å². The lowest BCUT2D eigenvalue weighted by atomic mass is 9.88. The lowest BCUT2D eigenvalue weighted by molar-refractivity contribution is 0.0633. The summed E-state index contributed by atoms with van der Waals surface area (Å²) in [6.07, 6.45) is 1.06. The highest BCUT2D eigenvalue weighted by Crippen LogP contribution is 2.36. The summed E-state index contributed by atoms with van der Waals surface area (Å²) in [6, 6.07) is 5.59. The molecular formula is C16H19ClN2OS. The van der Waals surface area contributed by atoms with Gasteiger partial charge in [-0.25, -0.2) is 0 Å². The second-order valence-corrected chi connectivity index (χ2v) is 7.47. The van der Waals surface area contributed by atoms with Crippen LogP contribution in [0.25, 0.3) is 10.1 Å². The van der Waals surface area contributed by atoms with Crippen LogP contribution in [0.4, 0.5) is 5.69 Å².